The zero-order valence-electron chi connectivity index (χ0n) is 16.5. The number of aromatic nitrogens is 2. The van der Waals surface area contributed by atoms with Crippen LogP contribution in [0.15, 0.2) is 30.7 Å². The Morgan fingerprint density at radius 1 is 1.10 bits per heavy atom. The lowest BCUT2D eigenvalue weighted by molar-refractivity contribution is -0.183. The summed E-state index contributed by atoms with van der Waals surface area (Å²) in [5, 5.41) is 1.43. The van der Waals surface area contributed by atoms with Gasteiger partial charge in [-0.3, -0.25) is 19.6 Å². The van der Waals surface area contributed by atoms with E-state index in [1.165, 1.54) is 17.3 Å². The Hall–Kier alpha value is -2.41. The predicted octanol–water partition coefficient (Wildman–Crippen LogP) is 4.32. The summed E-state index contributed by atoms with van der Waals surface area (Å²) in [4.78, 5) is 26.7. The van der Waals surface area contributed by atoms with Crippen LogP contribution >= 0.6 is 0 Å². The van der Waals surface area contributed by atoms with E-state index in [9.17, 15) is 13.6 Å². The zero-order valence-corrected chi connectivity index (χ0v) is 16.5. The van der Waals surface area contributed by atoms with E-state index in [-0.39, 0.29) is 23.7 Å². The van der Waals surface area contributed by atoms with Gasteiger partial charge in [-0.25, -0.2) is 13.8 Å². The molecule has 0 bridgehead atoms. The molecule has 1 aliphatic carbocycles. The molecule has 1 atom stereocenters. The molecule has 2 aromatic rings. The summed E-state index contributed by atoms with van der Waals surface area (Å²) in [6.45, 7) is 2.34. The number of rotatable bonds is 4. The predicted molar refractivity (Wildman–Crippen MR) is 102 cm³/mol. The second-order valence-corrected chi connectivity index (χ2v) is 8.06. The van der Waals surface area contributed by atoms with Crippen molar-refractivity contribution in [1.29, 1.82) is 0 Å². The molecule has 2 fully saturated rings. The van der Waals surface area contributed by atoms with Crippen LogP contribution < -0.4 is 0 Å². The maximum Gasteiger partial charge on any atom is 0.249 e. The molecule has 1 saturated carbocycles. The highest BCUT2D eigenvalue weighted by molar-refractivity contribution is 5.78. The topological polar surface area (TPSA) is 55.3 Å². The first-order chi connectivity index (χ1) is 14.0. The fraction of sp³-hybridized carbons (Fsp3) is 0.500. The van der Waals surface area contributed by atoms with E-state index in [1.807, 2.05) is 6.92 Å². The van der Waals surface area contributed by atoms with Crippen molar-refractivity contribution in [2.75, 3.05) is 6.61 Å². The number of amides is 1. The summed E-state index contributed by atoms with van der Waals surface area (Å²) >= 11 is 0. The van der Waals surface area contributed by atoms with Crippen LogP contribution in [0.3, 0.4) is 0 Å². The molecule has 4 rings (SSSR count). The fourth-order valence-corrected chi connectivity index (χ4v) is 4.46. The molecule has 0 N–H and O–H groups in total. The molecule has 29 heavy (non-hydrogen) atoms. The Bertz CT molecular complexity index is 884. The lowest BCUT2D eigenvalue weighted by atomic mass is 9.78. The van der Waals surface area contributed by atoms with Gasteiger partial charge < -0.3 is 0 Å². The van der Waals surface area contributed by atoms with E-state index in [0.29, 0.717) is 24.5 Å². The number of nitrogens with zero attached hydrogens (tertiary/aromatic N) is 3. The number of pyridine rings is 2. The van der Waals surface area contributed by atoms with Gasteiger partial charge in [0.05, 0.1) is 25.0 Å². The average molecular weight is 401 g/mol. The van der Waals surface area contributed by atoms with Crippen LogP contribution in [0.2, 0.25) is 0 Å². The molecular weight excluding hydrogens is 376 g/mol. The first-order valence-corrected chi connectivity index (χ1v) is 10.2. The maximum absolute atomic E-state index is 13.5. The fourth-order valence-electron chi connectivity index (χ4n) is 4.46. The molecule has 1 aliphatic heterocycles. The van der Waals surface area contributed by atoms with Gasteiger partial charge in [0.1, 0.15) is 11.6 Å². The molecule has 0 radical (unpaired) electrons. The quantitative estimate of drug-likeness (QED) is 0.766. The summed E-state index contributed by atoms with van der Waals surface area (Å²) in [6.07, 6.45) is 8.79. The molecule has 7 heteroatoms. The van der Waals surface area contributed by atoms with Gasteiger partial charge in [-0.2, -0.15) is 0 Å². The zero-order chi connectivity index (χ0) is 20.4. The van der Waals surface area contributed by atoms with Crippen molar-refractivity contribution in [2.45, 2.75) is 51.5 Å². The third-order valence-corrected chi connectivity index (χ3v) is 6.10. The first kappa shape index (κ1) is 19.9. The molecule has 0 unspecified atom stereocenters. The Morgan fingerprint density at radius 3 is 2.62 bits per heavy atom. The van der Waals surface area contributed by atoms with Crippen molar-refractivity contribution in [2.24, 2.45) is 11.8 Å². The normalized spacial score (nSPS) is 24.7. The van der Waals surface area contributed by atoms with Gasteiger partial charge in [-0.15, -0.1) is 0 Å². The van der Waals surface area contributed by atoms with Crippen LogP contribution in [-0.4, -0.2) is 27.5 Å². The number of hydroxylamine groups is 2. The average Bonchev–Trinajstić information content (AvgIpc) is 3.21. The SMILES string of the molecule is Cc1ncc(F)cc1C[C@H]1CC[C@H](C(=O)N2OCC[C@H]2c2cncc(F)c2)CC1. The molecule has 2 aromatic heterocycles. The second kappa shape index (κ2) is 8.53. The lowest BCUT2D eigenvalue weighted by Crippen LogP contribution is -2.36. The van der Waals surface area contributed by atoms with Crippen molar-refractivity contribution in [1.82, 2.24) is 15.0 Å². The van der Waals surface area contributed by atoms with Gasteiger partial charge in [-0.1, -0.05) is 0 Å². The molecule has 1 amide bonds. The van der Waals surface area contributed by atoms with Crippen molar-refractivity contribution in [3.05, 3.63) is 59.2 Å². The molecule has 154 valence electrons. The Balaban J connectivity index is 1.37. The van der Waals surface area contributed by atoms with Crippen LogP contribution in [0.4, 0.5) is 8.78 Å². The summed E-state index contributed by atoms with van der Waals surface area (Å²) < 4.78 is 27.0. The van der Waals surface area contributed by atoms with Gasteiger partial charge in [-0.05, 0) is 68.2 Å². The highest BCUT2D eigenvalue weighted by atomic mass is 19.1. The summed E-state index contributed by atoms with van der Waals surface area (Å²) in [7, 11) is 0. The minimum absolute atomic E-state index is 0.0289. The standard InChI is InChI=1S/C22H25F2N3O2/c1-14-17(9-20(24)13-26-14)8-15-2-4-16(5-3-15)22(28)27-21(6-7-29-27)18-10-19(23)12-25-11-18/h9-13,15-16,21H,2-8H2,1H3/t15-,16-,21-/m0/s1. The van der Waals surface area contributed by atoms with Crippen LogP contribution in [0, 0.1) is 30.4 Å². The van der Waals surface area contributed by atoms with Crippen molar-refractivity contribution < 1.29 is 18.4 Å². The van der Waals surface area contributed by atoms with Crippen molar-refractivity contribution in [3.8, 4) is 0 Å². The largest absolute Gasteiger partial charge is 0.272 e. The molecule has 1 saturated heterocycles. The Labute approximate surface area is 169 Å². The van der Waals surface area contributed by atoms with Crippen LogP contribution in [0.5, 0.6) is 0 Å². The highest BCUT2D eigenvalue weighted by Crippen LogP contribution is 2.37. The first-order valence-electron chi connectivity index (χ1n) is 10.2. The Kier molecular flexibility index (Phi) is 5.85. The third-order valence-electron chi connectivity index (χ3n) is 6.10. The smallest absolute Gasteiger partial charge is 0.249 e. The molecule has 0 aromatic carbocycles. The third kappa shape index (κ3) is 4.45. The Morgan fingerprint density at radius 2 is 1.86 bits per heavy atom. The van der Waals surface area contributed by atoms with E-state index >= 15 is 0 Å². The molecule has 3 heterocycles. The van der Waals surface area contributed by atoms with Crippen LogP contribution in [0.1, 0.15) is 55.0 Å². The minimum Gasteiger partial charge on any atom is -0.272 e. The van der Waals surface area contributed by atoms with Crippen LogP contribution in [0.25, 0.3) is 0 Å². The molecular formula is C22H25F2N3O2. The van der Waals surface area contributed by atoms with E-state index in [0.717, 1.165) is 49.6 Å². The van der Waals surface area contributed by atoms with Gasteiger partial charge in [0.15, 0.2) is 0 Å². The van der Waals surface area contributed by atoms with Gasteiger partial charge in [0.25, 0.3) is 0 Å². The summed E-state index contributed by atoms with van der Waals surface area (Å²) in [6, 6.07) is 2.69. The van der Waals surface area contributed by atoms with Gasteiger partial charge in [0.2, 0.25) is 5.91 Å². The monoisotopic (exact) mass is 401 g/mol. The number of carbonyl (C=O) groups is 1. The van der Waals surface area contributed by atoms with E-state index in [4.69, 9.17) is 4.84 Å². The van der Waals surface area contributed by atoms with Crippen molar-refractivity contribution >= 4 is 5.91 Å². The molecule has 2 aliphatic rings. The molecule has 5 nitrogen and oxygen atoms in total. The lowest BCUT2D eigenvalue weighted by Gasteiger charge is -2.32. The number of hydrogen-bond acceptors (Lipinski definition) is 4. The second-order valence-electron chi connectivity index (χ2n) is 8.06. The maximum atomic E-state index is 13.5. The van der Waals surface area contributed by atoms with E-state index in [2.05, 4.69) is 9.97 Å². The minimum atomic E-state index is -0.413. The summed E-state index contributed by atoms with van der Waals surface area (Å²) in [5.41, 5.74) is 2.47. The number of aryl methyl sites for hydroxylation is 1. The number of hydrogen-bond donors (Lipinski definition) is 0. The van der Waals surface area contributed by atoms with E-state index in [1.54, 1.807) is 12.3 Å². The van der Waals surface area contributed by atoms with Crippen molar-refractivity contribution in [3.63, 3.8) is 0 Å². The van der Waals surface area contributed by atoms with Crippen LogP contribution in [-0.2, 0) is 16.1 Å². The molecule has 0 spiro atoms. The van der Waals surface area contributed by atoms with E-state index < -0.39 is 5.82 Å². The highest BCUT2D eigenvalue weighted by Gasteiger charge is 2.37. The summed E-state index contributed by atoms with van der Waals surface area (Å²) in [5.74, 6) is -0.425. The van der Waals surface area contributed by atoms with Gasteiger partial charge in [0, 0.05) is 24.2 Å². The van der Waals surface area contributed by atoms with Gasteiger partial charge >= 0.3 is 0 Å². The number of halogens is 2. The number of carbonyl (C=O) groups excluding carboxylic acids is 1.